The SMILES string of the molecule is C=CC(=N)N[C@@H](C)CO. The van der Waals surface area contributed by atoms with E-state index in [-0.39, 0.29) is 18.5 Å². The van der Waals surface area contributed by atoms with Crippen LogP contribution < -0.4 is 5.32 Å². The first-order valence-electron chi connectivity index (χ1n) is 2.79. The van der Waals surface area contributed by atoms with Gasteiger partial charge >= 0.3 is 0 Å². The highest BCUT2D eigenvalue weighted by Crippen LogP contribution is 1.77. The maximum atomic E-state index is 8.49. The summed E-state index contributed by atoms with van der Waals surface area (Å²) in [5.74, 6) is 0.247. The van der Waals surface area contributed by atoms with Crippen molar-refractivity contribution in [2.75, 3.05) is 6.61 Å². The Hall–Kier alpha value is -0.830. The van der Waals surface area contributed by atoms with Gasteiger partial charge in [-0.2, -0.15) is 0 Å². The van der Waals surface area contributed by atoms with Gasteiger partial charge in [0.2, 0.25) is 0 Å². The Morgan fingerprint density at radius 3 is 2.89 bits per heavy atom. The predicted octanol–water partition coefficient (Wildman–Crippen LogP) is 0.120. The molecule has 0 bridgehead atoms. The molecule has 0 aromatic rings. The van der Waals surface area contributed by atoms with Crippen molar-refractivity contribution < 1.29 is 5.11 Å². The maximum Gasteiger partial charge on any atom is 0.117 e. The van der Waals surface area contributed by atoms with Crippen LogP contribution in [0, 0.1) is 5.41 Å². The maximum absolute atomic E-state index is 8.49. The van der Waals surface area contributed by atoms with Gasteiger partial charge in [0.1, 0.15) is 5.84 Å². The van der Waals surface area contributed by atoms with Crippen LogP contribution >= 0.6 is 0 Å². The van der Waals surface area contributed by atoms with E-state index in [2.05, 4.69) is 11.9 Å². The van der Waals surface area contributed by atoms with E-state index in [0.717, 1.165) is 0 Å². The lowest BCUT2D eigenvalue weighted by Gasteiger charge is -2.09. The van der Waals surface area contributed by atoms with E-state index in [1.54, 1.807) is 6.92 Å². The Morgan fingerprint density at radius 2 is 2.56 bits per heavy atom. The molecule has 3 heteroatoms. The molecule has 9 heavy (non-hydrogen) atoms. The monoisotopic (exact) mass is 128 g/mol. The second kappa shape index (κ2) is 4.09. The van der Waals surface area contributed by atoms with Gasteiger partial charge in [-0.3, -0.25) is 5.41 Å². The van der Waals surface area contributed by atoms with Crippen LogP contribution in [-0.2, 0) is 0 Å². The average molecular weight is 128 g/mol. The fourth-order valence-electron chi connectivity index (χ4n) is 0.370. The highest BCUT2D eigenvalue weighted by atomic mass is 16.3. The summed E-state index contributed by atoms with van der Waals surface area (Å²) in [6.45, 7) is 5.21. The molecular weight excluding hydrogens is 116 g/mol. The summed E-state index contributed by atoms with van der Waals surface area (Å²) in [5, 5.41) is 18.2. The van der Waals surface area contributed by atoms with Crippen molar-refractivity contribution >= 4 is 5.84 Å². The normalized spacial score (nSPS) is 12.2. The molecule has 3 N–H and O–H groups in total. The van der Waals surface area contributed by atoms with E-state index in [4.69, 9.17) is 10.5 Å². The molecule has 0 saturated carbocycles. The minimum absolute atomic E-state index is 0.0379. The van der Waals surface area contributed by atoms with E-state index >= 15 is 0 Å². The number of hydrogen-bond donors (Lipinski definition) is 3. The highest BCUT2D eigenvalue weighted by Gasteiger charge is 1.96. The van der Waals surface area contributed by atoms with E-state index in [1.807, 2.05) is 0 Å². The fraction of sp³-hybridized carbons (Fsp3) is 0.500. The van der Waals surface area contributed by atoms with Gasteiger partial charge in [0.25, 0.3) is 0 Å². The minimum atomic E-state index is -0.0597. The summed E-state index contributed by atoms with van der Waals surface area (Å²) in [6.07, 6.45) is 1.40. The molecule has 0 aromatic heterocycles. The Bertz CT molecular complexity index is 112. The van der Waals surface area contributed by atoms with Crippen LogP contribution in [0.2, 0.25) is 0 Å². The Kier molecular flexibility index (Phi) is 3.71. The lowest BCUT2D eigenvalue weighted by Crippen LogP contribution is -2.33. The lowest BCUT2D eigenvalue weighted by atomic mass is 10.3. The zero-order valence-electron chi connectivity index (χ0n) is 5.52. The number of aliphatic hydroxyl groups excluding tert-OH is 1. The van der Waals surface area contributed by atoms with Gasteiger partial charge in [-0.05, 0) is 13.0 Å². The quantitative estimate of drug-likeness (QED) is 0.373. The Balaban J connectivity index is 3.46. The molecule has 0 aromatic carbocycles. The van der Waals surface area contributed by atoms with Crippen LogP contribution in [0.5, 0.6) is 0 Å². The molecule has 1 atom stereocenters. The van der Waals surface area contributed by atoms with E-state index in [9.17, 15) is 0 Å². The summed E-state index contributed by atoms with van der Waals surface area (Å²) in [4.78, 5) is 0. The molecular formula is C6H12N2O. The summed E-state index contributed by atoms with van der Waals surface area (Å²) in [5.41, 5.74) is 0. The zero-order chi connectivity index (χ0) is 7.28. The lowest BCUT2D eigenvalue weighted by molar-refractivity contribution is 0.264. The van der Waals surface area contributed by atoms with Gasteiger partial charge in [-0.1, -0.05) is 6.58 Å². The van der Waals surface area contributed by atoms with Crippen molar-refractivity contribution in [2.24, 2.45) is 0 Å². The van der Waals surface area contributed by atoms with Crippen molar-refractivity contribution in [2.45, 2.75) is 13.0 Å². The summed E-state index contributed by atoms with van der Waals surface area (Å²) in [6, 6.07) is -0.0597. The molecule has 0 spiro atoms. The van der Waals surface area contributed by atoms with Gasteiger partial charge in [0.05, 0.1) is 6.61 Å². The van der Waals surface area contributed by atoms with Crippen LogP contribution in [0.1, 0.15) is 6.92 Å². The van der Waals surface area contributed by atoms with E-state index in [1.165, 1.54) is 6.08 Å². The molecule has 3 nitrogen and oxygen atoms in total. The van der Waals surface area contributed by atoms with Gasteiger partial charge in [-0.25, -0.2) is 0 Å². The molecule has 0 aliphatic carbocycles. The largest absolute Gasteiger partial charge is 0.394 e. The molecule has 0 rings (SSSR count). The summed E-state index contributed by atoms with van der Waals surface area (Å²) < 4.78 is 0. The number of nitrogens with one attached hydrogen (secondary N) is 2. The van der Waals surface area contributed by atoms with E-state index < -0.39 is 0 Å². The smallest absolute Gasteiger partial charge is 0.117 e. The molecule has 0 unspecified atom stereocenters. The molecule has 0 heterocycles. The minimum Gasteiger partial charge on any atom is -0.394 e. The summed E-state index contributed by atoms with van der Waals surface area (Å²) in [7, 11) is 0. The number of amidine groups is 1. The second-order valence-electron chi connectivity index (χ2n) is 1.85. The van der Waals surface area contributed by atoms with Crippen LogP contribution in [0.3, 0.4) is 0 Å². The van der Waals surface area contributed by atoms with Crippen molar-refractivity contribution in [1.29, 1.82) is 5.41 Å². The molecule has 0 fully saturated rings. The predicted molar refractivity (Wildman–Crippen MR) is 37.6 cm³/mol. The highest BCUT2D eigenvalue weighted by molar-refractivity contribution is 5.89. The van der Waals surface area contributed by atoms with Gasteiger partial charge in [0, 0.05) is 6.04 Å². The van der Waals surface area contributed by atoms with Crippen LogP contribution in [-0.4, -0.2) is 23.6 Å². The first kappa shape index (κ1) is 8.17. The Labute approximate surface area is 54.9 Å². The van der Waals surface area contributed by atoms with E-state index in [0.29, 0.717) is 0 Å². The second-order valence-corrected chi connectivity index (χ2v) is 1.85. The average Bonchev–Trinajstić information content (AvgIpc) is 1.87. The fourth-order valence-corrected chi connectivity index (χ4v) is 0.370. The molecule has 52 valence electrons. The van der Waals surface area contributed by atoms with Gasteiger partial charge in [0.15, 0.2) is 0 Å². The third-order valence-corrected chi connectivity index (χ3v) is 0.880. The Morgan fingerprint density at radius 1 is 2.00 bits per heavy atom. The summed E-state index contributed by atoms with van der Waals surface area (Å²) >= 11 is 0. The van der Waals surface area contributed by atoms with Crippen molar-refractivity contribution in [3.05, 3.63) is 12.7 Å². The van der Waals surface area contributed by atoms with Crippen LogP contribution in [0.15, 0.2) is 12.7 Å². The third-order valence-electron chi connectivity index (χ3n) is 0.880. The molecule has 0 aliphatic heterocycles. The number of hydrogen-bond acceptors (Lipinski definition) is 2. The first-order valence-corrected chi connectivity index (χ1v) is 2.79. The zero-order valence-corrected chi connectivity index (χ0v) is 5.52. The van der Waals surface area contributed by atoms with Gasteiger partial charge in [-0.15, -0.1) is 0 Å². The number of rotatable bonds is 3. The standard InChI is InChI=1S/C6H12N2O/c1-3-6(7)8-5(2)4-9/h3,5,9H,1,4H2,2H3,(H2,7,8)/t5-/m0/s1. The van der Waals surface area contributed by atoms with Gasteiger partial charge < -0.3 is 10.4 Å². The van der Waals surface area contributed by atoms with Crippen LogP contribution in [0.25, 0.3) is 0 Å². The topological polar surface area (TPSA) is 56.1 Å². The van der Waals surface area contributed by atoms with Crippen molar-refractivity contribution in [1.82, 2.24) is 5.32 Å². The van der Waals surface area contributed by atoms with Crippen molar-refractivity contribution in [3.63, 3.8) is 0 Å². The first-order chi connectivity index (χ1) is 4.20. The molecule has 0 amide bonds. The van der Waals surface area contributed by atoms with Crippen molar-refractivity contribution in [3.8, 4) is 0 Å². The van der Waals surface area contributed by atoms with Crippen LogP contribution in [0.4, 0.5) is 0 Å². The molecule has 0 aliphatic rings. The number of aliphatic hydroxyl groups is 1. The molecule has 0 radical (unpaired) electrons. The molecule has 0 saturated heterocycles. The third kappa shape index (κ3) is 3.73.